The summed E-state index contributed by atoms with van der Waals surface area (Å²) < 4.78 is 7.20. The van der Waals surface area contributed by atoms with E-state index >= 15 is 0 Å². The maximum atomic E-state index is 12.3. The second kappa shape index (κ2) is 10.7. The lowest BCUT2D eigenvalue weighted by atomic mass is 9.96. The topological polar surface area (TPSA) is 198 Å². The van der Waals surface area contributed by atoms with Crippen molar-refractivity contribution < 1.29 is 29.6 Å². The molecule has 13 nitrogen and oxygen atoms in total. The van der Waals surface area contributed by atoms with Crippen LogP contribution in [0.3, 0.4) is 0 Å². The van der Waals surface area contributed by atoms with Gasteiger partial charge in [-0.15, -0.1) is 0 Å². The van der Waals surface area contributed by atoms with Gasteiger partial charge < -0.3 is 36.4 Å². The number of nitrogens with one attached hydrogen (secondary N) is 2. The first-order valence-electron chi connectivity index (χ1n) is 12.0. The fraction of sp³-hybridized carbons (Fsp3) is 0.458. The van der Waals surface area contributed by atoms with Crippen LogP contribution < -0.4 is 16.4 Å². The summed E-state index contributed by atoms with van der Waals surface area (Å²) in [6.45, 7) is 3.96. The molecule has 3 heterocycles. The molecular formula is C24H31N7O6. The highest BCUT2D eigenvalue weighted by Crippen LogP contribution is 2.40. The van der Waals surface area contributed by atoms with E-state index in [-0.39, 0.29) is 29.4 Å². The number of carbonyl (C=O) groups excluding carboxylic acids is 1. The third-order valence-corrected chi connectivity index (χ3v) is 6.32. The molecule has 13 heteroatoms. The number of likely N-dealkylation sites (N-methyl/N-ethyl adjacent to an activating group) is 1. The van der Waals surface area contributed by atoms with Crippen molar-refractivity contribution in [2.24, 2.45) is 0 Å². The quantitative estimate of drug-likeness (QED) is 0.217. The van der Waals surface area contributed by atoms with Gasteiger partial charge in [-0.05, 0) is 37.8 Å². The predicted octanol–water partition coefficient (Wildman–Crippen LogP) is 0.226. The summed E-state index contributed by atoms with van der Waals surface area (Å²) in [5.74, 6) is -1.00. The summed E-state index contributed by atoms with van der Waals surface area (Å²) in [5.41, 5.74) is 6.85. The molecule has 1 saturated heterocycles. The number of nitrogen functional groups attached to an aromatic ring is 1. The zero-order chi connectivity index (χ0) is 26.7. The maximum Gasteiger partial charge on any atom is 0.303 e. The van der Waals surface area contributed by atoms with Crippen molar-refractivity contribution in [3.63, 3.8) is 0 Å². The molecule has 4 atom stereocenters. The lowest BCUT2D eigenvalue weighted by Gasteiger charge is -2.27. The second-order valence-electron chi connectivity index (χ2n) is 9.12. The van der Waals surface area contributed by atoms with Crippen LogP contribution in [0, 0.1) is 0 Å². The molecule has 198 valence electrons. The number of hydrogen-bond donors (Lipinski definition) is 6. The number of hydrogen-bond acceptors (Lipinski definition) is 10. The van der Waals surface area contributed by atoms with Crippen LogP contribution in [0.4, 0.5) is 11.8 Å². The second-order valence-corrected chi connectivity index (χ2v) is 9.12. The van der Waals surface area contributed by atoms with Gasteiger partial charge in [0, 0.05) is 19.5 Å². The molecule has 1 aliphatic rings. The Morgan fingerprint density at radius 3 is 2.51 bits per heavy atom. The molecule has 0 bridgehead atoms. The number of amides is 1. The summed E-state index contributed by atoms with van der Waals surface area (Å²) >= 11 is 0. The normalized spacial score (nSPS) is 23.3. The van der Waals surface area contributed by atoms with Crippen LogP contribution in [0.25, 0.3) is 11.2 Å². The summed E-state index contributed by atoms with van der Waals surface area (Å²) in [5, 5.41) is 36.1. The van der Waals surface area contributed by atoms with Gasteiger partial charge in [0.25, 0.3) is 5.91 Å². The van der Waals surface area contributed by atoms with Crippen molar-refractivity contribution in [2.45, 2.75) is 57.1 Å². The van der Waals surface area contributed by atoms with Crippen LogP contribution in [0.2, 0.25) is 0 Å². The number of aliphatic hydroxyl groups excluding tert-OH is 1. The Labute approximate surface area is 212 Å². The number of rotatable bonds is 10. The third kappa shape index (κ3) is 5.48. The predicted molar refractivity (Wildman–Crippen MR) is 134 cm³/mol. The van der Waals surface area contributed by atoms with Crippen molar-refractivity contribution in [3.8, 4) is 0 Å². The number of aryl methyl sites for hydroxylation is 1. The number of carboxylic acids is 1. The van der Waals surface area contributed by atoms with E-state index in [4.69, 9.17) is 15.6 Å². The molecule has 7 N–H and O–H groups in total. The van der Waals surface area contributed by atoms with Crippen LogP contribution in [0.15, 0.2) is 30.6 Å². The molecular weight excluding hydrogens is 482 g/mol. The Hall–Kier alpha value is -3.81. The Morgan fingerprint density at radius 1 is 1.19 bits per heavy atom. The highest BCUT2D eigenvalue weighted by molar-refractivity contribution is 5.84. The fourth-order valence-electron chi connectivity index (χ4n) is 4.26. The van der Waals surface area contributed by atoms with Gasteiger partial charge in [0.2, 0.25) is 5.95 Å². The van der Waals surface area contributed by atoms with Crippen LogP contribution >= 0.6 is 0 Å². The number of aliphatic hydroxyl groups is 2. The molecule has 0 saturated carbocycles. The fourth-order valence-corrected chi connectivity index (χ4v) is 4.26. The zero-order valence-corrected chi connectivity index (χ0v) is 20.6. The molecule has 2 aromatic heterocycles. The Kier molecular flexibility index (Phi) is 7.57. The monoisotopic (exact) mass is 513 g/mol. The average Bonchev–Trinajstić information content (AvgIpc) is 3.37. The largest absolute Gasteiger partial charge is 0.481 e. The zero-order valence-electron chi connectivity index (χ0n) is 20.6. The maximum absolute atomic E-state index is 12.3. The van der Waals surface area contributed by atoms with E-state index in [1.807, 2.05) is 24.3 Å². The minimum absolute atomic E-state index is 0.0889. The standard InChI is InChI=1S/C24H31N7O6/c1-3-26-21(35)17-18(34)24(2,36)22(37-17)31-12-28-16-19(25)29-23(30-20(16)31)27-11-10-14-6-4-13(5-7-14)8-9-15(32)33/h4-7,12,17-18,22,34,36H,3,8-11H2,1-2H3,(H,26,35)(H,32,33)(H3,25,27,29,30)/t17-,18-,22+,24?/m0/s1. The number of carboxylic acid groups (broad SMARTS) is 1. The third-order valence-electron chi connectivity index (χ3n) is 6.32. The number of ether oxygens (including phenoxy) is 1. The lowest BCUT2D eigenvalue weighted by molar-refractivity contribution is -0.138. The van der Waals surface area contributed by atoms with Crippen molar-refractivity contribution >= 4 is 34.8 Å². The van der Waals surface area contributed by atoms with Gasteiger partial charge in [-0.3, -0.25) is 14.2 Å². The molecule has 1 amide bonds. The summed E-state index contributed by atoms with van der Waals surface area (Å²) in [6.07, 6.45) is -1.31. The van der Waals surface area contributed by atoms with Gasteiger partial charge in [-0.1, -0.05) is 24.3 Å². The first-order chi connectivity index (χ1) is 17.6. The first kappa shape index (κ1) is 26.3. The van der Waals surface area contributed by atoms with Gasteiger partial charge in [-0.25, -0.2) is 4.98 Å². The minimum Gasteiger partial charge on any atom is -0.481 e. The molecule has 37 heavy (non-hydrogen) atoms. The van der Waals surface area contributed by atoms with Crippen molar-refractivity contribution in [1.29, 1.82) is 0 Å². The molecule has 0 aliphatic carbocycles. The van der Waals surface area contributed by atoms with Gasteiger partial charge in [0.05, 0.1) is 6.33 Å². The van der Waals surface area contributed by atoms with E-state index in [1.165, 1.54) is 17.8 Å². The number of aliphatic carboxylic acids is 1. The smallest absolute Gasteiger partial charge is 0.303 e. The van der Waals surface area contributed by atoms with E-state index in [2.05, 4.69) is 25.6 Å². The summed E-state index contributed by atoms with van der Waals surface area (Å²) in [4.78, 5) is 36.0. The minimum atomic E-state index is -1.81. The number of anilines is 2. The number of nitrogens with two attached hydrogens (primary N) is 1. The molecule has 0 radical (unpaired) electrons. The van der Waals surface area contributed by atoms with E-state index in [9.17, 15) is 19.8 Å². The molecule has 1 aliphatic heterocycles. The highest BCUT2D eigenvalue weighted by atomic mass is 16.6. The number of fused-ring (bicyclic) bond motifs is 1. The Morgan fingerprint density at radius 2 is 1.86 bits per heavy atom. The van der Waals surface area contributed by atoms with Crippen molar-refractivity contribution in [1.82, 2.24) is 24.8 Å². The van der Waals surface area contributed by atoms with Gasteiger partial charge >= 0.3 is 5.97 Å². The van der Waals surface area contributed by atoms with E-state index in [0.29, 0.717) is 25.9 Å². The molecule has 3 aromatic rings. The lowest BCUT2D eigenvalue weighted by Crippen LogP contribution is -2.47. The van der Waals surface area contributed by atoms with Crippen LogP contribution in [-0.4, -0.2) is 77.6 Å². The van der Waals surface area contributed by atoms with Crippen LogP contribution in [-0.2, 0) is 27.2 Å². The van der Waals surface area contributed by atoms with E-state index in [0.717, 1.165) is 11.1 Å². The number of imidazole rings is 1. The summed E-state index contributed by atoms with van der Waals surface area (Å²) in [6, 6.07) is 7.71. The number of aromatic nitrogens is 4. The van der Waals surface area contributed by atoms with Crippen LogP contribution in [0.5, 0.6) is 0 Å². The molecule has 4 rings (SSSR count). The molecule has 0 spiro atoms. The highest BCUT2D eigenvalue weighted by Gasteiger charge is 2.56. The number of nitrogens with zero attached hydrogens (tertiary/aromatic N) is 4. The molecule has 1 fully saturated rings. The summed E-state index contributed by atoms with van der Waals surface area (Å²) in [7, 11) is 0. The van der Waals surface area contributed by atoms with E-state index in [1.54, 1.807) is 6.92 Å². The average molecular weight is 514 g/mol. The van der Waals surface area contributed by atoms with Crippen molar-refractivity contribution in [2.75, 3.05) is 24.1 Å². The first-order valence-corrected chi connectivity index (χ1v) is 12.0. The molecule has 1 unspecified atom stereocenters. The van der Waals surface area contributed by atoms with Gasteiger partial charge in [-0.2, -0.15) is 9.97 Å². The van der Waals surface area contributed by atoms with Crippen molar-refractivity contribution in [3.05, 3.63) is 41.7 Å². The van der Waals surface area contributed by atoms with Gasteiger partial charge in [0.15, 0.2) is 23.8 Å². The van der Waals surface area contributed by atoms with E-state index < -0.39 is 35.9 Å². The SMILES string of the molecule is CCNC(=O)[C@H]1O[C@@H](n2cnc3c(N)nc(NCCc4ccc(CCC(=O)O)cc4)nc32)C(C)(O)[C@H]1O. The van der Waals surface area contributed by atoms with Gasteiger partial charge in [0.1, 0.15) is 17.2 Å². The molecule has 1 aromatic carbocycles. The number of carbonyl (C=O) groups is 2. The Bertz CT molecular complexity index is 1280. The number of benzene rings is 1. The Balaban J connectivity index is 1.48. The van der Waals surface area contributed by atoms with Crippen LogP contribution in [0.1, 0.15) is 37.6 Å².